The molecule has 1 rings (SSSR count). The van der Waals surface area contributed by atoms with Crippen LogP contribution in [0.5, 0.6) is 5.75 Å². The fourth-order valence-electron chi connectivity index (χ4n) is 0.906. The maximum atomic E-state index is 10.7. The van der Waals surface area contributed by atoms with E-state index in [1.54, 1.807) is 6.08 Å². The molecular weight excluding hydrogens is 182 g/mol. The molecule has 74 valence electrons. The summed E-state index contributed by atoms with van der Waals surface area (Å²) in [5.74, 6) is -0.721. The van der Waals surface area contributed by atoms with Crippen molar-refractivity contribution in [1.82, 2.24) is 4.98 Å². The molecule has 14 heavy (non-hydrogen) atoms. The zero-order valence-electron chi connectivity index (χ0n) is 7.80. The Hall–Kier alpha value is -1.84. The first-order valence-corrected chi connectivity index (χ1v) is 4.17. The number of hydrogen-bond donors (Lipinski definition) is 1. The van der Waals surface area contributed by atoms with Crippen LogP contribution in [-0.4, -0.2) is 22.7 Å². The van der Waals surface area contributed by atoms with Crippen molar-refractivity contribution in [2.75, 3.05) is 6.61 Å². The molecule has 0 unspecified atom stereocenters. The van der Waals surface area contributed by atoms with Crippen LogP contribution < -0.4 is 4.74 Å². The Morgan fingerprint density at radius 3 is 3.14 bits per heavy atom. The Balaban J connectivity index is 2.79. The number of carboxylic acids is 1. The molecule has 0 amide bonds. The van der Waals surface area contributed by atoms with E-state index in [-0.39, 0.29) is 11.3 Å². The van der Waals surface area contributed by atoms with Crippen molar-refractivity contribution in [2.45, 2.75) is 6.92 Å². The molecule has 0 aliphatic carbocycles. The summed E-state index contributed by atoms with van der Waals surface area (Å²) >= 11 is 0. The van der Waals surface area contributed by atoms with Crippen LogP contribution in [0, 0.1) is 0 Å². The summed E-state index contributed by atoms with van der Waals surface area (Å²) in [5, 5.41) is 8.80. The topological polar surface area (TPSA) is 59.4 Å². The molecule has 0 atom stereocenters. The van der Waals surface area contributed by atoms with E-state index in [1.807, 2.05) is 13.0 Å². The van der Waals surface area contributed by atoms with Gasteiger partial charge in [0.25, 0.3) is 0 Å². The molecule has 0 radical (unpaired) electrons. The SMILES string of the molecule is C/C=C/COc1cnccc1C(=O)O. The van der Waals surface area contributed by atoms with Crippen molar-refractivity contribution in [2.24, 2.45) is 0 Å². The minimum Gasteiger partial charge on any atom is -0.487 e. The number of ether oxygens (including phenoxy) is 1. The molecule has 4 heteroatoms. The Kier molecular flexibility index (Phi) is 3.67. The first-order chi connectivity index (χ1) is 6.75. The Morgan fingerprint density at radius 2 is 2.50 bits per heavy atom. The van der Waals surface area contributed by atoms with Crippen molar-refractivity contribution in [3.05, 3.63) is 36.2 Å². The molecule has 1 N–H and O–H groups in total. The molecule has 0 fully saturated rings. The Bertz CT molecular complexity index is 347. The monoisotopic (exact) mass is 193 g/mol. The summed E-state index contributed by atoms with van der Waals surface area (Å²) in [6.07, 6.45) is 6.44. The van der Waals surface area contributed by atoms with Crippen LogP contribution in [0.3, 0.4) is 0 Å². The van der Waals surface area contributed by atoms with Crippen LogP contribution in [0.4, 0.5) is 0 Å². The van der Waals surface area contributed by atoms with Gasteiger partial charge in [0.05, 0.1) is 6.20 Å². The molecule has 4 nitrogen and oxygen atoms in total. The normalized spacial score (nSPS) is 10.4. The van der Waals surface area contributed by atoms with Gasteiger partial charge in [-0.05, 0) is 13.0 Å². The molecule has 1 aromatic rings. The zero-order valence-corrected chi connectivity index (χ0v) is 7.80. The lowest BCUT2D eigenvalue weighted by Gasteiger charge is -2.05. The lowest BCUT2D eigenvalue weighted by Crippen LogP contribution is -2.03. The number of rotatable bonds is 4. The summed E-state index contributed by atoms with van der Waals surface area (Å²) in [5.41, 5.74) is 0.129. The number of aromatic carboxylic acids is 1. The largest absolute Gasteiger partial charge is 0.487 e. The van der Waals surface area contributed by atoms with E-state index in [4.69, 9.17) is 9.84 Å². The highest BCUT2D eigenvalue weighted by Crippen LogP contribution is 2.15. The van der Waals surface area contributed by atoms with Crippen molar-refractivity contribution in [1.29, 1.82) is 0 Å². The molecule has 0 saturated heterocycles. The number of hydrogen-bond acceptors (Lipinski definition) is 3. The molecule has 0 aliphatic heterocycles. The maximum absolute atomic E-state index is 10.7. The van der Waals surface area contributed by atoms with Gasteiger partial charge in [0.1, 0.15) is 12.2 Å². The van der Waals surface area contributed by atoms with Gasteiger partial charge >= 0.3 is 5.97 Å². The first kappa shape index (κ1) is 10.2. The number of carboxylic acid groups (broad SMARTS) is 1. The van der Waals surface area contributed by atoms with Gasteiger partial charge in [0, 0.05) is 6.20 Å². The van der Waals surface area contributed by atoms with Gasteiger partial charge in [-0.25, -0.2) is 4.79 Å². The number of allylic oxidation sites excluding steroid dienone is 1. The number of pyridine rings is 1. The van der Waals surface area contributed by atoms with Crippen LogP contribution in [-0.2, 0) is 0 Å². The molecule has 1 aromatic heterocycles. The quantitative estimate of drug-likeness (QED) is 0.740. The molecular formula is C10H11NO3. The van der Waals surface area contributed by atoms with Gasteiger partial charge in [-0.3, -0.25) is 4.98 Å². The number of aromatic nitrogens is 1. The molecule has 0 bridgehead atoms. The van der Waals surface area contributed by atoms with Crippen LogP contribution in [0.2, 0.25) is 0 Å². The lowest BCUT2D eigenvalue weighted by molar-refractivity contribution is 0.0692. The third-order valence-corrected chi connectivity index (χ3v) is 1.59. The standard InChI is InChI=1S/C10H11NO3/c1-2-3-6-14-9-7-11-5-4-8(9)10(12)13/h2-5,7H,6H2,1H3,(H,12,13)/b3-2+. The molecule has 0 aliphatic rings. The summed E-state index contributed by atoms with van der Waals surface area (Å²) in [6.45, 7) is 2.22. The zero-order chi connectivity index (χ0) is 10.4. The van der Waals surface area contributed by atoms with E-state index < -0.39 is 5.97 Å². The second-order valence-electron chi connectivity index (χ2n) is 2.56. The van der Waals surface area contributed by atoms with E-state index in [0.717, 1.165) is 0 Å². The third kappa shape index (κ3) is 2.58. The van der Waals surface area contributed by atoms with Gasteiger partial charge < -0.3 is 9.84 Å². The second-order valence-corrected chi connectivity index (χ2v) is 2.56. The third-order valence-electron chi connectivity index (χ3n) is 1.59. The minimum atomic E-state index is -1.01. The summed E-state index contributed by atoms with van der Waals surface area (Å²) in [7, 11) is 0. The first-order valence-electron chi connectivity index (χ1n) is 4.17. The van der Waals surface area contributed by atoms with Gasteiger partial charge in [0.15, 0.2) is 5.75 Å². The van der Waals surface area contributed by atoms with Gasteiger partial charge in [0.2, 0.25) is 0 Å². The van der Waals surface area contributed by atoms with Crippen molar-refractivity contribution in [3.63, 3.8) is 0 Å². The van der Waals surface area contributed by atoms with Gasteiger partial charge in [-0.1, -0.05) is 12.2 Å². The smallest absolute Gasteiger partial charge is 0.339 e. The fraction of sp³-hybridized carbons (Fsp3) is 0.200. The highest BCUT2D eigenvalue weighted by molar-refractivity contribution is 5.90. The van der Waals surface area contributed by atoms with E-state index in [9.17, 15) is 4.79 Å². The van der Waals surface area contributed by atoms with Gasteiger partial charge in [-0.2, -0.15) is 0 Å². The summed E-state index contributed by atoms with van der Waals surface area (Å²) in [6, 6.07) is 1.41. The van der Waals surface area contributed by atoms with Crippen LogP contribution >= 0.6 is 0 Å². The summed E-state index contributed by atoms with van der Waals surface area (Å²) in [4.78, 5) is 14.5. The molecule has 0 saturated carbocycles. The average molecular weight is 193 g/mol. The van der Waals surface area contributed by atoms with Crippen LogP contribution in [0.15, 0.2) is 30.6 Å². The van der Waals surface area contributed by atoms with Crippen molar-refractivity contribution < 1.29 is 14.6 Å². The van der Waals surface area contributed by atoms with Crippen LogP contribution in [0.1, 0.15) is 17.3 Å². The fourth-order valence-corrected chi connectivity index (χ4v) is 0.906. The van der Waals surface area contributed by atoms with E-state index >= 15 is 0 Å². The number of nitrogens with zero attached hydrogens (tertiary/aromatic N) is 1. The molecule has 1 heterocycles. The molecule has 0 aromatic carbocycles. The van der Waals surface area contributed by atoms with E-state index in [1.165, 1.54) is 18.5 Å². The molecule has 0 spiro atoms. The van der Waals surface area contributed by atoms with Crippen molar-refractivity contribution in [3.8, 4) is 5.75 Å². The van der Waals surface area contributed by atoms with Crippen LogP contribution in [0.25, 0.3) is 0 Å². The minimum absolute atomic E-state index is 0.129. The summed E-state index contributed by atoms with van der Waals surface area (Å²) < 4.78 is 5.21. The predicted molar refractivity (Wildman–Crippen MR) is 51.5 cm³/mol. The predicted octanol–water partition coefficient (Wildman–Crippen LogP) is 1.73. The second kappa shape index (κ2) is 5.01. The van der Waals surface area contributed by atoms with Gasteiger partial charge in [-0.15, -0.1) is 0 Å². The highest BCUT2D eigenvalue weighted by Gasteiger charge is 2.09. The van der Waals surface area contributed by atoms with E-state index in [0.29, 0.717) is 6.61 Å². The van der Waals surface area contributed by atoms with Crippen molar-refractivity contribution >= 4 is 5.97 Å². The Labute approximate surface area is 81.9 Å². The number of carbonyl (C=O) groups is 1. The highest BCUT2D eigenvalue weighted by atomic mass is 16.5. The maximum Gasteiger partial charge on any atom is 0.339 e. The van der Waals surface area contributed by atoms with E-state index in [2.05, 4.69) is 4.98 Å². The Morgan fingerprint density at radius 1 is 1.71 bits per heavy atom. The lowest BCUT2D eigenvalue weighted by atomic mass is 10.2. The average Bonchev–Trinajstić information content (AvgIpc) is 2.19.